The maximum absolute atomic E-state index is 11.7. The van der Waals surface area contributed by atoms with E-state index in [2.05, 4.69) is 15.3 Å². The zero-order chi connectivity index (χ0) is 14.7. The van der Waals surface area contributed by atoms with E-state index < -0.39 is 0 Å². The van der Waals surface area contributed by atoms with Crippen molar-refractivity contribution in [1.29, 1.82) is 0 Å². The van der Waals surface area contributed by atoms with Gasteiger partial charge in [-0.25, -0.2) is 4.98 Å². The number of nitrogens with one attached hydrogen (secondary N) is 2. The Balaban J connectivity index is 1.72. The van der Waals surface area contributed by atoms with Crippen molar-refractivity contribution in [3.63, 3.8) is 0 Å². The predicted octanol–water partition coefficient (Wildman–Crippen LogP) is 1.03. The summed E-state index contributed by atoms with van der Waals surface area (Å²) >= 11 is 0. The zero-order valence-corrected chi connectivity index (χ0v) is 11.5. The molecule has 0 bridgehead atoms. The highest BCUT2D eigenvalue weighted by Gasteiger charge is 2.19. The molecular weight excluding hydrogens is 266 g/mol. The third-order valence-corrected chi connectivity index (χ3v) is 3.73. The van der Waals surface area contributed by atoms with Gasteiger partial charge in [0.2, 0.25) is 0 Å². The van der Waals surface area contributed by atoms with Gasteiger partial charge < -0.3 is 15.4 Å². The maximum atomic E-state index is 11.7. The van der Waals surface area contributed by atoms with E-state index in [1.54, 1.807) is 0 Å². The van der Waals surface area contributed by atoms with Crippen LogP contribution in [-0.2, 0) is 6.42 Å². The Bertz CT molecular complexity index is 707. The molecule has 0 saturated carbocycles. The molecule has 0 unspecified atom stereocenters. The van der Waals surface area contributed by atoms with Crippen LogP contribution in [-0.4, -0.2) is 28.2 Å². The van der Waals surface area contributed by atoms with Gasteiger partial charge in [-0.2, -0.15) is 0 Å². The molecule has 3 rings (SSSR count). The number of benzene rings is 1. The number of hydrogen-bond acceptors (Lipinski definition) is 4. The lowest BCUT2D eigenvalue weighted by atomic mass is 10.1. The summed E-state index contributed by atoms with van der Waals surface area (Å²) in [5.74, 6) is 0. The van der Waals surface area contributed by atoms with E-state index in [0.29, 0.717) is 13.0 Å². The van der Waals surface area contributed by atoms with Crippen LogP contribution in [0.5, 0.6) is 0 Å². The number of H-pyrrole nitrogens is 1. The van der Waals surface area contributed by atoms with Crippen LogP contribution in [0.4, 0.5) is 0 Å². The van der Waals surface area contributed by atoms with Crippen LogP contribution in [0.2, 0.25) is 0 Å². The molecule has 2 aromatic rings. The van der Waals surface area contributed by atoms with Crippen LogP contribution in [0.15, 0.2) is 47.5 Å². The first-order valence-corrected chi connectivity index (χ1v) is 6.94. The average molecular weight is 283 g/mol. The molecule has 0 spiro atoms. The van der Waals surface area contributed by atoms with Crippen molar-refractivity contribution in [2.75, 3.05) is 13.2 Å². The summed E-state index contributed by atoms with van der Waals surface area (Å²) in [7, 11) is 0. The third kappa shape index (κ3) is 2.79. The molecule has 1 aromatic carbocycles. The summed E-state index contributed by atoms with van der Waals surface area (Å²) < 4.78 is 0. The fraction of sp³-hybridized carbons (Fsp3) is 0.250. The quantitative estimate of drug-likeness (QED) is 0.766. The summed E-state index contributed by atoms with van der Waals surface area (Å²) in [5.41, 5.74) is 3.45. The fourth-order valence-corrected chi connectivity index (χ4v) is 2.58. The van der Waals surface area contributed by atoms with E-state index in [0.717, 1.165) is 22.4 Å². The molecule has 1 atom stereocenters. The molecule has 0 radical (unpaired) electrons. The first kappa shape index (κ1) is 13.7. The first-order valence-electron chi connectivity index (χ1n) is 6.94. The summed E-state index contributed by atoms with van der Waals surface area (Å²) in [6, 6.07) is 9.68. The Kier molecular flexibility index (Phi) is 3.94. The topological polar surface area (TPSA) is 78.0 Å². The number of rotatable bonds is 5. The number of aromatic amines is 1. The van der Waals surface area contributed by atoms with Gasteiger partial charge in [-0.3, -0.25) is 4.79 Å². The zero-order valence-electron chi connectivity index (χ0n) is 11.5. The lowest BCUT2D eigenvalue weighted by Crippen LogP contribution is -2.26. The van der Waals surface area contributed by atoms with E-state index in [1.807, 2.05) is 36.4 Å². The van der Waals surface area contributed by atoms with Crippen molar-refractivity contribution in [2.24, 2.45) is 0 Å². The molecule has 5 nitrogen and oxygen atoms in total. The third-order valence-electron chi connectivity index (χ3n) is 3.73. The van der Waals surface area contributed by atoms with E-state index >= 15 is 0 Å². The molecule has 1 aromatic heterocycles. The number of aromatic nitrogens is 2. The van der Waals surface area contributed by atoms with Crippen LogP contribution in [0.3, 0.4) is 0 Å². The van der Waals surface area contributed by atoms with E-state index in [-0.39, 0.29) is 18.2 Å². The van der Waals surface area contributed by atoms with Crippen LogP contribution in [0, 0.1) is 0 Å². The summed E-state index contributed by atoms with van der Waals surface area (Å²) in [6.07, 6.45) is 4.06. The number of aliphatic hydroxyl groups excluding tert-OH is 1. The van der Waals surface area contributed by atoms with Crippen LogP contribution in [0.1, 0.15) is 22.9 Å². The summed E-state index contributed by atoms with van der Waals surface area (Å²) in [5, 5.41) is 12.9. The fourth-order valence-electron chi connectivity index (χ4n) is 2.58. The highest BCUT2D eigenvalue weighted by molar-refractivity contribution is 5.70. The molecule has 1 aliphatic rings. The molecule has 1 heterocycles. The highest BCUT2D eigenvalue weighted by atomic mass is 16.3. The summed E-state index contributed by atoms with van der Waals surface area (Å²) in [4.78, 5) is 18.5. The molecule has 0 fully saturated rings. The minimum atomic E-state index is -0.127. The van der Waals surface area contributed by atoms with E-state index in [4.69, 9.17) is 0 Å². The van der Waals surface area contributed by atoms with Gasteiger partial charge in [0.25, 0.3) is 5.56 Å². The van der Waals surface area contributed by atoms with Crippen molar-refractivity contribution in [3.8, 4) is 0 Å². The molecule has 1 aliphatic carbocycles. The average Bonchev–Trinajstić information content (AvgIpc) is 2.94. The predicted molar refractivity (Wildman–Crippen MR) is 80.8 cm³/mol. The van der Waals surface area contributed by atoms with Crippen molar-refractivity contribution < 1.29 is 5.11 Å². The Morgan fingerprint density at radius 1 is 1.33 bits per heavy atom. The molecule has 3 N–H and O–H groups in total. The number of hydrogen-bond donors (Lipinski definition) is 3. The molecule has 0 saturated heterocycles. The second-order valence-electron chi connectivity index (χ2n) is 5.02. The molecule has 5 heteroatoms. The van der Waals surface area contributed by atoms with Crippen molar-refractivity contribution in [3.05, 3.63) is 69.9 Å². The number of allylic oxidation sites excluding steroid dienone is 1. The van der Waals surface area contributed by atoms with Gasteiger partial charge in [-0.15, -0.1) is 0 Å². The second kappa shape index (κ2) is 6.03. The number of aliphatic hydroxyl groups is 1. The Morgan fingerprint density at radius 3 is 2.90 bits per heavy atom. The van der Waals surface area contributed by atoms with Crippen molar-refractivity contribution in [2.45, 2.75) is 12.5 Å². The molecule has 108 valence electrons. The van der Waals surface area contributed by atoms with Crippen LogP contribution < -0.4 is 10.9 Å². The standard InChI is InChI=1S/C16H17N3O2/c20-9-14(11-4-2-1-3-5-11)17-8-12-6-7-13-15(12)18-10-19-16(13)21/h1-6,10,14,17,20H,7-9H2,(H,18,19,21)/t14-/m1/s1. The first-order chi connectivity index (χ1) is 10.3. The lowest BCUT2D eigenvalue weighted by Gasteiger charge is -2.17. The molecule has 0 aliphatic heterocycles. The minimum Gasteiger partial charge on any atom is -0.394 e. The SMILES string of the molecule is O=c1[nH]cnc2c1CC=C2CN[C@H](CO)c1ccccc1. The normalized spacial score (nSPS) is 14.6. The van der Waals surface area contributed by atoms with Gasteiger partial charge in [-0.1, -0.05) is 36.4 Å². The van der Waals surface area contributed by atoms with Gasteiger partial charge in [0.15, 0.2) is 0 Å². The minimum absolute atomic E-state index is 0.0208. The Labute approximate surface area is 122 Å². The van der Waals surface area contributed by atoms with Gasteiger partial charge in [0.05, 0.1) is 24.7 Å². The van der Waals surface area contributed by atoms with Crippen molar-refractivity contribution in [1.82, 2.24) is 15.3 Å². The molecule has 0 amide bonds. The second-order valence-corrected chi connectivity index (χ2v) is 5.02. The smallest absolute Gasteiger partial charge is 0.254 e. The van der Waals surface area contributed by atoms with Gasteiger partial charge >= 0.3 is 0 Å². The van der Waals surface area contributed by atoms with Crippen molar-refractivity contribution >= 4 is 5.57 Å². The van der Waals surface area contributed by atoms with Gasteiger partial charge in [0, 0.05) is 12.1 Å². The molecule has 21 heavy (non-hydrogen) atoms. The van der Waals surface area contributed by atoms with Gasteiger partial charge in [-0.05, 0) is 17.6 Å². The maximum Gasteiger partial charge on any atom is 0.254 e. The Morgan fingerprint density at radius 2 is 2.14 bits per heavy atom. The largest absolute Gasteiger partial charge is 0.394 e. The lowest BCUT2D eigenvalue weighted by molar-refractivity contribution is 0.248. The van der Waals surface area contributed by atoms with Crippen LogP contribution in [0.25, 0.3) is 5.57 Å². The summed E-state index contributed by atoms with van der Waals surface area (Å²) in [6.45, 7) is 0.594. The van der Waals surface area contributed by atoms with E-state index in [1.165, 1.54) is 6.33 Å². The number of nitrogens with zero attached hydrogens (tertiary/aromatic N) is 1. The number of fused-ring (bicyclic) bond motifs is 1. The Hall–Kier alpha value is -2.24. The van der Waals surface area contributed by atoms with Crippen LogP contribution >= 0.6 is 0 Å². The van der Waals surface area contributed by atoms with Gasteiger partial charge in [0.1, 0.15) is 0 Å². The highest BCUT2D eigenvalue weighted by Crippen LogP contribution is 2.22. The van der Waals surface area contributed by atoms with E-state index in [9.17, 15) is 9.90 Å². The monoisotopic (exact) mass is 283 g/mol. The molecular formula is C16H17N3O2.